The number of sulfonamides is 1. The topological polar surface area (TPSA) is 84.2 Å². The lowest BCUT2D eigenvalue weighted by Crippen LogP contribution is -2.23. The fourth-order valence-electron chi connectivity index (χ4n) is 1.68. The largest absolute Gasteiger partial charge is 0.445 e. The molecule has 0 unspecified atom stereocenters. The van der Waals surface area contributed by atoms with E-state index in [4.69, 9.17) is 4.42 Å². The SMILES string of the molecule is CCNc1ccc(S(=O)(=O)NCc2ncc(C)o2)cc1. The molecule has 2 N–H and O–H groups in total. The highest BCUT2D eigenvalue weighted by Gasteiger charge is 2.14. The van der Waals surface area contributed by atoms with Crippen LogP contribution in [0.3, 0.4) is 0 Å². The van der Waals surface area contributed by atoms with Crippen LogP contribution in [0.15, 0.2) is 39.8 Å². The molecule has 0 atom stereocenters. The van der Waals surface area contributed by atoms with Gasteiger partial charge in [-0.05, 0) is 38.1 Å². The Morgan fingerprint density at radius 2 is 1.95 bits per heavy atom. The van der Waals surface area contributed by atoms with Crippen LogP contribution in [0.2, 0.25) is 0 Å². The zero-order valence-corrected chi connectivity index (χ0v) is 12.2. The molecule has 20 heavy (non-hydrogen) atoms. The maximum absolute atomic E-state index is 12.1. The minimum Gasteiger partial charge on any atom is -0.445 e. The third kappa shape index (κ3) is 3.58. The maximum Gasteiger partial charge on any atom is 0.241 e. The second-order valence-electron chi connectivity index (χ2n) is 4.24. The molecular weight excluding hydrogens is 278 g/mol. The van der Waals surface area contributed by atoms with E-state index < -0.39 is 10.0 Å². The summed E-state index contributed by atoms with van der Waals surface area (Å²) in [4.78, 5) is 4.16. The molecule has 6 nitrogen and oxygen atoms in total. The molecule has 0 radical (unpaired) electrons. The highest BCUT2D eigenvalue weighted by molar-refractivity contribution is 7.89. The maximum atomic E-state index is 12.1. The Hall–Kier alpha value is -1.86. The Labute approximate surface area is 118 Å². The summed E-state index contributed by atoms with van der Waals surface area (Å²) in [5, 5.41) is 3.11. The molecule has 0 aliphatic heterocycles. The number of hydrogen-bond donors (Lipinski definition) is 2. The van der Waals surface area contributed by atoms with Crippen LogP contribution in [0.1, 0.15) is 18.6 Å². The van der Waals surface area contributed by atoms with Gasteiger partial charge in [0.05, 0.1) is 17.6 Å². The van der Waals surface area contributed by atoms with E-state index in [1.807, 2.05) is 6.92 Å². The molecular formula is C13H17N3O3S. The Balaban J connectivity index is 2.05. The Kier molecular flexibility index (Phi) is 4.41. The van der Waals surface area contributed by atoms with E-state index in [1.54, 1.807) is 37.4 Å². The number of nitrogens with one attached hydrogen (secondary N) is 2. The Morgan fingerprint density at radius 3 is 2.50 bits per heavy atom. The number of aromatic nitrogens is 1. The van der Waals surface area contributed by atoms with Crippen LogP contribution in [0.5, 0.6) is 0 Å². The van der Waals surface area contributed by atoms with Crippen molar-refractivity contribution in [3.05, 3.63) is 42.1 Å². The van der Waals surface area contributed by atoms with Gasteiger partial charge in [0.15, 0.2) is 0 Å². The average Bonchev–Trinajstić information content (AvgIpc) is 2.84. The van der Waals surface area contributed by atoms with Crippen LogP contribution in [0.25, 0.3) is 0 Å². The van der Waals surface area contributed by atoms with Crippen LogP contribution in [0, 0.1) is 6.92 Å². The molecule has 0 aliphatic carbocycles. The fraction of sp³-hybridized carbons (Fsp3) is 0.308. The summed E-state index contributed by atoms with van der Waals surface area (Å²) in [6.45, 7) is 4.55. The molecule has 0 amide bonds. The summed E-state index contributed by atoms with van der Waals surface area (Å²) >= 11 is 0. The second kappa shape index (κ2) is 6.06. The zero-order chi connectivity index (χ0) is 14.6. The predicted octanol–water partition coefficient (Wildman–Crippen LogP) is 1.89. The van der Waals surface area contributed by atoms with Crippen molar-refractivity contribution in [3.63, 3.8) is 0 Å². The van der Waals surface area contributed by atoms with Gasteiger partial charge in [-0.2, -0.15) is 0 Å². The van der Waals surface area contributed by atoms with Gasteiger partial charge in [-0.3, -0.25) is 0 Å². The molecule has 2 aromatic rings. The highest BCUT2D eigenvalue weighted by atomic mass is 32.2. The molecule has 0 saturated heterocycles. The minimum atomic E-state index is -3.56. The average molecular weight is 295 g/mol. The summed E-state index contributed by atoms with van der Waals surface area (Å²) in [5.74, 6) is 0.990. The van der Waals surface area contributed by atoms with Crippen molar-refractivity contribution in [1.82, 2.24) is 9.71 Å². The molecule has 0 fully saturated rings. The minimum absolute atomic E-state index is 0.0329. The van der Waals surface area contributed by atoms with E-state index in [1.165, 1.54) is 0 Å². The first-order valence-electron chi connectivity index (χ1n) is 6.26. The van der Waals surface area contributed by atoms with Crippen molar-refractivity contribution in [2.75, 3.05) is 11.9 Å². The van der Waals surface area contributed by atoms with Gasteiger partial charge in [0.2, 0.25) is 15.9 Å². The number of nitrogens with zero attached hydrogens (tertiary/aromatic N) is 1. The lowest BCUT2D eigenvalue weighted by molar-refractivity contribution is 0.463. The quantitative estimate of drug-likeness (QED) is 0.850. The number of oxazole rings is 1. The van der Waals surface area contributed by atoms with Gasteiger partial charge in [-0.15, -0.1) is 0 Å². The first-order valence-corrected chi connectivity index (χ1v) is 7.74. The number of benzene rings is 1. The molecule has 0 spiro atoms. The van der Waals surface area contributed by atoms with Crippen LogP contribution < -0.4 is 10.0 Å². The molecule has 0 saturated carbocycles. The molecule has 108 valence electrons. The van der Waals surface area contributed by atoms with E-state index in [9.17, 15) is 8.42 Å². The predicted molar refractivity (Wildman–Crippen MR) is 75.9 cm³/mol. The second-order valence-corrected chi connectivity index (χ2v) is 6.01. The van der Waals surface area contributed by atoms with E-state index >= 15 is 0 Å². The van der Waals surface area contributed by atoms with Crippen LogP contribution >= 0.6 is 0 Å². The number of anilines is 1. The first-order chi connectivity index (χ1) is 9.51. The van der Waals surface area contributed by atoms with Crippen molar-refractivity contribution in [3.8, 4) is 0 Å². The van der Waals surface area contributed by atoms with Crippen molar-refractivity contribution in [1.29, 1.82) is 0 Å². The third-order valence-corrected chi connectivity index (χ3v) is 4.05. The number of rotatable bonds is 6. The van der Waals surface area contributed by atoms with Gasteiger partial charge in [0.25, 0.3) is 0 Å². The van der Waals surface area contributed by atoms with E-state index in [0.717, 1.165) is 12.2 Å². The van der Waals surface area contributed by atoms with Gasteiger partial charge >= 0.3 is 0 Å². The monoisotopic (exact) mass is 295 g/mol. The molecule has 0 bridgehead atoms. The zero-order valence-electron chi connectivity index (χ0n) is 11.4. The molecule has 1 heterocycles. The number of aryl methyl sites for hydroxylation is 1. The van der Waals surface area contributed by atoms with Crippen molar-refractivity contribution in [2.24, 2.45) is 0 Å². The van der Waals surface area contributed by atoms with Gasteiger partial charge in [0, 0.05) is 12.2 Å². The smallest absolute Gasteiger partial charge is 0.241 e. The summed E-state index contributed by atoms with van der Waals surface area (Å²) in [7, 11) is -3.56. The summed E-state index contributed by atoms with van der Waals surface area (Å²) < 4.78 is 31.8. The Morgan fingerprint density at radius 1 is 1.25 bits per heavy atom. The van der Waals surface area contributed by atoms with Crippen LogP contribution in [-0.2, 0) is 16.6 Å². The normalized spacial score (nSPS) is 11.5. The van der Waals surface area contributed by atoms with Crippen molar-refractivity contribution >= 4 is 15.7 Å². The fourth-order valence-corrected chi connectivity index (χ4v) is 2.65. The highest BCUT2D eigenvalue weighted by Crippen LogP contribution is 2.14. The van der Waals surface area contributed by atoms with Crippen molar-refractivity contribution < 1.29 is 12.8 Å². The van der Waals surface area contributed by atoms with Gasteiger partial charge in [0.1, 0.15) is 5.76 Å². The number of hydrogen-bond acceptors (Lipinski definition) is 5. The standard InChI is InChI=1S/C13H17N3O3S/c1-3-14-11-4-6-12(7-5-11)20(17,18)16-9-13-15-8-10(2)19-13/h4-8,14,16H,3,9H2,1-2H3. The van der Waals surface area contributed by atoms with Crippen LogP contribution in [0.4, 0.5) is 5.69 Å². The van der Waals surface area contributed by atoms with E-state index in [2.05, 4.69) is 15.0 Å². The third-order valence-electron chi connectivity index (χ3n) is 2.63. The summed E-state index contributed by atoms with van der Waals surface area (Å²) in [6, 6.07) is 6.57. The van der Waals surface area contributed by atoms with E-state index in [0.29, 0.717) is 11.7 Å². The van der Waals surface area contributed by atoms with Crippen molar-refractivity contribution in [2.45, 2.75) is 25.3 Å². The van der Waals surface area contributed by atoms with Gasteiger partial charge < -0.3 is 9.73 Å². The lowest BCUT2D eigenvalue weighted by Gasteiger charge is -2.07. The van der Waals surface area contributed by atoms with E-state index in [-0.39, 0.29) is 11.4 Å². The molecule has 2 rings (SSSR count). The molecule has 0 aliphatic rings. The molecule has 1 aromatic carbocycles. The van der Waals surface area contributed by atoms with Gasteiger partial charge in [-0.25, -0.2) is 18.1 Å². The van der Waals surface area contributed by atoms with Gasteiger partial charge in [-0.1, -0.05) is 0 Å². The summed E-state index contributed by atoms with van der Waals surface area (Å²) in [5.41, 5.74) is 0.884. The Bertz CT molecular complexity index is 662. The lowest BCUT2D eigenvalue weighted by atomic mass is 10.3. The summed E-state index contributed by atoms with van der Waals surface area (Å²) in [6.07, 6.45) is 1.55. The first kappa shape index (κ1) is 14.5. The molecule has 1 aromatic heterocycles. The van der Waals surface area contributed by atoms with Crippen LogP contribution in [-0.4, -0.2) is 19.9 Å². The molecule has 7 heteroatoms.